The Bertz CT molecular complexity index is 483. The van der Waals surface area contributed by atoms with Crippen molar-refractivity contribution >= 4 is 18.3 Å². The van der Waals surface area contributed by atoms with Crippen molar-refractivity contribution in [3.63, 3.8) is 0 Å². The van der Waals surface area contributed by atoms with Crippen LogP contribution in [0.5, 0.6) is 0 Å². The van der Waals surface area contributed by atoms with Gasteiger partial charge in [0.2, 0.25) is 0 Å². The Kier molecular flexibility index (Phi) is 2.91. The summed E-state index contributed by atoms with van der Waals surface area (Å²) in [5.74, 6) is 0. The highest BCUT2D eigenvalue weighted by Gasteiger charge is 2.52. The third kappa shape index (κ3) is 2.07. The second kappa shape index (κ2) is 4.25. The van der Waals surface area contributed by atoms with Gasteiger partial charge in [-0.15, -0.1) is 0 Å². The van der Waals surface area contributed by atoms with Crippen molar-refractivity contribution in [1.29, 1.82) is 0 Å². The van der Waals surface area contributed by atoms with Crippen LogP contribution in [0.15, 0.2) is 18.2 Å². The molecule has 3 rings (SSSR count). The summed E-state index contributed by atoms with van der Waals surface area (Å²) in [6, 6.07) is 6.36. The predicted molar refractivity (Wildman–Crippen MR) is 79.0 cm³/mol. The maximum Gasteiger partial charge on any atom is 0.495 e. The molecule has 0 bridgehead atoms. The minimum atomic E-state index is -0.275. The molecule has 3 nitrogen and oxygen atoms in total. The largest absolute Gasteiger partial charge is 0.495 e. The molecular formula is C15H22BNO2. The lowest BCUT2D eigenvalue weighted by atomic mass is 9.74. The molecule has 1 aromatic carbocycles. The fourth-order valence-electron chi connectivity index (χ4n) is 2.73. The summed E-state index contributed by atoms with van der Waals surface area (Å²) in [7, 11) is -0.250. The number of hydrogen-bond acceptors (Lipinski definition) is 3. The van der Waals surface area contributed by atoms with E-state index in [0.717, 1.165) is 13.0 Å². The quantitative estimate of drug-likeness (QED) is 0.785. The molecule has 1 saturated heterocycles. The summed E-state index contributed by atoms with van der Waals surface area (Å²) < 4.78 is 12.3. The molecule has 0 amide bonds. The first-order valence-electron chi connectivity index (χ1n) is 7.12. The molecule has 4 heteroatoms. The summed E-state index contributed by atoms with van der Waals surface area (Å²) in [4.78, 5) is 0. The van der Waals surface area contributed by atoms with E-state index >= 15 is 0 Å². The average Bonchev–Trinajstić information content (AvgIpc) is 2.58. The summed E-state index contributed by atoms with van der Waals surface area (Å²) >= 11 is 0. The summed E-state index contributed by atoms with van der Waals surface area (Å²) in [5, 5.41) is 3.46. The highest BCUT2D eigenvalue weighted by Crippen LogP contribution is 2.37. The van der Waals surface area contributed by atoms with Gasteiger partial charge in [-0.05, 0) is 57.6 Å². The minimum Gasteiger partial charge on any atom is -0.399 e. The van der Waals surface area contributed by atoms with E-state index in [-0.39, 0.29) is 18.3 Å². The molecule has 2 aliphatic rings. The van der Waals surface area contributed by atoms with Gasteiger partial charge in [0.25, 0.3) is 0 Å². The average molecular weight is 259 g/mol. The van der Waals surface area contributed by atoms with E-state index in [4.69, 9.17) is 9.31 Å². The molecule has 2 heterocycles. The van der Waals surface area contributed by atoms with Crippen LogP contribution in [0.4, 0.5) is 5.69 Å². The van der Waals surface area contributed by atoms with Crippen molar-refractivity contribution in [2.45, 2.75) is 51.7 Å². The van der Waals surface area contributed by atoms with Gasteiger partial charge in [-0.2, -0.15) is 0 Å². The van der Waals surface area contributed by atoms with E-state index in [1.165, 1.54) is 23.1 Å². The first-order chi connectivity index (χ1) is 8.91. The number of anilines is 1. The molecule has 0 radical (unpaired) electrons. The smallest absolute Gasteiger partial charge is 0.399 e. The zero-order chi connectivity index (χ0) is 13.7. The van der Waals surface area contributed by atoms with E-state index in [0.29, 0.717) is 0 Å². The Balaban J connectivity index is 1.96. The van der Waals surface area contributed by atoms with Crippen molar-refractivity contribution in [2.24, 2.45) is 0 Å². The number of benzene rings is 1. The molecule has 0 atom stereocenters. The monoisotopic (exact) mass is 259 g/mol. The Labute approximate surface area is 115 Å². The molecule has 0 aliphatic carbocycles. The highest BCUT2D eigenvalue weighted by atomic mass is 16.7. The topological polar surface area (TPSA) is 30.5 Å². The van der Waals surface area contributed by atoms with Crippen LogP contribution in [-0.4, -0.2) is 24.9 Å². The van der Waals surface area contributed by atoms with Gasteiger partial charge in [-0.3, -0.25) is 0 Å². The number of fused-ring (bicyclic) bond motifs is 1. The maximum absolute atomic E-state index is 6.17. The second-order valence-corrected chi connectivity index (χ2v) is 6.49. The Morgan fingerprint density at radius 1 is 1.11 bits per heavy atom. The molecule has 0 spiro atoms. The molecule has 1 N–H and O–H groups in total. The Hall–Kier alpha value is -0.995. The van der Waals surface area contributed by atoms with Crippen LogP contribution < -0.4 is 10.8 Å². The van der Waals surface area contributed by atoms with E-state index in [1.807, 2.05) is 0 Å². The van der Waals surface area contributed by atoms with Crippen LogP contribution in [0.25, 0.3) is 0 Å². The van der Waals surface area contributed by atoms with Crippen molar-refractivity contribution in [3.05, 3.63) is 23.8 Å². The van der Waals surface area contributed by atoms with E-state index in [2.05, 4.69) is 51.2 Å². The van der Waals surface area contributed by atoms with E-state index in [1.54, 1.807) is 0 Å². The van der Waals surface area contributed by atoms with Crippen LogP contribution in [-0.2, 0) is 15.7 Å². The number of rotatable bonds is 1. The predicted octanol–water partition coefficient (Wildman–Crippen LogP) is 2.34. The SMILES string of the molecule is CC1(C)OB(c2cccc3c2CCCN3)OC1(C)C. The van der Waals surface area contributed by atoms with Crippen LogP contribution >= 0.6 is 0 Å². The van der Waals surface area contributed by atoms with Gasteiger partial charge in [0.15, 0.2) is 0 Å². The first kappa shape index (κ1) is 13.0. The maximum atomic E-state index is 6.17. The zero-order valence-electron chi connectivity index (χ0n) is 12.2. The van der Waals surface area contributed by atoms with Crippen LogP contribution in [0.3, 0.4) is 0 Å². The number of hydrogen-bond donors (Lipinski definition) is 1. The molecule has 0 saturated carbocycles. The van der Waals surface area contributed by atoms with Crippen LogP contribution in [0.2, 0.25) is 0 Å². The van der Waals surface area contributed by atoms with Gasteiger partial charge < -0.3 is 14.6 Å². The minimum absolute atomic E-state index is 0.250. The van der Waals surface area contributed by atoms with Crippen molar-refractivity contribution in [1.82, 2.24) is 0 Å². The molecule has 0 unspecified atom stereocenters. The normalized spacial score (nSPS) is 23.9. The second-order valence-electron chi connectivity index (χ2n) is 6.49. The summed E-state index contributed by atoms with van der Waals surface area (Å²) in [5.41, 5.74) is 3.22. The third-order valence-corrected chi connectivity index (χ3v) is 4.64. The van der Waals surface area contributed by atoms with Crippen LogP contribution in [0.1, 0.15) is 39.7 Å². The first-order valence-corrected chi connectivity index (χ1v) is 7.12. The van der Waals surface area contributed by atoms with Gasteiger partial charge >= 0.3 is 7.12 Å². The fraction of sp³-hybridized carbons (Fsp3) is 0.600. The van der Waals surface area contributed by atoms with Gasteiger partial charge in [0, 0.05) is 12.2 Å². The molecule has 1 aromatic rings. The van der Waals surface area contributed by atoms with Gasteiger partial charge in [0.05, 0.1) is 11.2 Å². The highest BCUT2D eigenvalue weighted by molar-refractivity contribution is 6.62. The number of nitrogens with one attached hydrogen (secondary N) is 1. The standard InChI is InChI=1S/C15H22BNO2/c1-14(2)15(3,4)19-16(18-14)12-8-5-9-13-11(12)7-6-10-17-13/h5,8-9,17H,6-7,10H2,1-4H3. The van der Waals surface area contributed by atoms with Crippen LogP contribution in [0, 0.1) is 0 Å². The van der Waals surface area contributed by atoms with Gasteiger partial charge in [-0.25, -0.2) is 0 Å². The molecule has 102 valence electrons. The Morgan fingerprint density at radius 2 is 1.79 bits per heavy atom. The van der Waals surface area contributed by atoms with Crippen molar-refractivity contribution in [2.75, 3.05) is 11.9 Å². The van der Waals surface area contributed by atoms with E-state index < -0.39 is 0 Å². The molecular weight excluding hydrogens is 237 g/mol. The zero-order valence-corrected chi connectivity index (χ0v) is 12.2. The summed E-state index contributed by atoms with van der Waals surface area (Å²) in [6.07, 6.45) is 2.27. The van der Waals surface area contributed by atoms with Gasteiger partial charge in [-0.1, -0.05) is 12.1 Å². The van der Waals surface area contributed by atoms with Crippen molar-refractivity contribution in [3.8, 4) is 0 Å². The third-order valence-electron chi connectivity index (χ3n) is 4.64. The van der Waals surface area contributed by atoms with E-state index in [9.17, 15) is 0 Å². The Morgan fingerprint density at radius 3 is 2.47 bits per heavy atom. The summed E-state index contributed by atoms with van der Waals surface area (Å²) in [6.45, 7) is 9.45. The molecule has 0 aromatic heterocycles. The van der Waals surface area contributed by atoms with Gasteiger partial charge in [0.1, 0.15) is 0 Å². The molecule has 19 heavy (non-hydrogen) atoms. The lowest BCUT2D eigenvalue weighted by molar-refractivity contribution is 0.00578. The lowest BCUT2D eigenvalue weighted by Gasteiger charge is -2.32. The molecule has 1 fully saturated rings. The lowest BCUT2D eigenvalue weighted by Crippen LogP contribution is -2.41. The fourth-order valence-corrected chi connectivity index (χ4v) is 2.73. The molecule has 2 aliphatic heterocycles. The van der Waals surface area contributed by atoms with Crippen molar-refractivity contribution < 1.29 is 9.31 Å².